The molecule has 1 fully saturated rings. The summed E-state index contributed by atoms with van der Waals surface area (Å²) >= 11 is 0. The van der Waals surface area contributed by atoms with Crippen LogP contribution in [0.3, 0.4) is 0 Å². The summed E-state index contributed by atoms with van der Waals surface area (Å²) in [4.78, 5) is 12.6. The predicted molar refractivity (Wildman–Crippen MR) is 77.7 cm³/mol. The third-order valence-electron chi connectivity index (χ3n) is 3.92. The van der Waals surface area contributed by atoms with Crippen molar-refractivity contribution in [3.05, 3.63) is 29.8 Å². The van der Waals surface area contributed by atoms with Crippen molar-refractivity contribution < 1.29 is 9.53 Å². The molecule has 0 amide bonds. The molecule has 2 nitrogen and oxygen atoms in total. The van der Waals surface area contributed by atoms with Gasteiger partial charge in [0.25, 0.3) is 0 Å². The molecule has 0 radical (unpaired) electrons. The Kier molecular flexibility index (Phi) is 5.00. The van der Waals surface area contributed by atoms with Crippen LogP contribution in [0.5, 0.6) is 5.75 Å². The quantitative estimate of drug-likeness (QED) is 0.729. The normalized spacial score (nSPS) is 23.1. The molecule has 0 aromatic heterocycles. The summed E-state index contributed by atoms with van der Waals surface area (Å²) in [5, 5.41) is 0. The number of Topliss-reactive ketones (excluding diaryl/α,β-unsaturated/α-hetero) is 1. The maximum Gasteiger partial charge on any atom is 0.169 e. The highest BCUT2D eigenvalue weighted by atomic mass is 16.5. The van der Waals surface area contributed by atoms with Crippen molar-refractivity contribution in [3.8, 4) is 5.75 Å². The van der Waals surface area contributed by atoms with Gasteiger partial charge in [0.05, 0.1) is 12.2 Å². The lowest BCUT2D eigenvalue weighted by Gasteiger charge is -2.26. The lowest BCUT2D eigenvalue weighted by atomic mass is 9.78. The van der Waals surface area contributed by atoms with E-state index in [0.717, 1.165) is 30.6 Å². The van der Waals surface area contributed by atoms with Gasteiger partial charge in [-0.25, -0.2) is 0 Å². The zero-order valence-corrected chi connectivity index (χ0v) is 12.0. The molecule has 1 aromatic rings. The van der Waals surface area contributed by atoms with E-state index in [2.05, 4.69) is 13.8 Å². The molecule has 0 aliphatic heterocycles. The summed E-state index contributed by atoms with van der Waals surface area (Å²) in [7, 11) is 0. The number of carbonyl (C=O) groups is 1. The standard InChI is InChI=1S/C17H24O2/c1-3-11-19-16-10-5-4-9-15(16)17(18)14-8-6-7-13(2)12-14/h4-5,9-10,13-14H,3,6-8,11-12H2,1-2H3. The first-order chi connectivity index (χ1) is 9.22. The van der Waals surface area contributed by atoms with E-state index in [1.807, 2.05) is 24.3 Å². The average molecular weight is 260 g/mol. The van der Waals surface area contributed by atoms with Gasteiger partial charge >= 0.3 is 0 Å². The molecule has 0 spiro atoms. The zero-order valence-electron chi connectivity index (χ0n) is 12.0. The SMILES string of the molecule is CCCOc1ccccc1C(=O)C1CCCC(C)C1. The van der Waals surface area contributed by atoms with Crippen LogP contribution in [0.4, 0.5) is 0 Å². The number of para-hydroxylation sites is 1. The van der Waals surface area contributed by atoms with Crippen LogP contribution in [0.2, 0.25) is 0 Å². The maximum atomic E-state index is 12.6. The van der Waals surface area contributed by atoms with E-state index in [4.69, 9.17) is 4.74 Å². The van der Waals surface area contributed by atoms with Crippen LogP contribution >= 0.6 is 0 Å². The lowest BCUT2D eigenvalue weighted by Crippen LogP contribution is -2.22. The molecule has 2 rings (SSSR count). The molecule has 2 heteroatoms. The highest BCUT2D eigenvalue weighted by Crippen LogP contribution is 2.33. The number of hydrogen-bond acceptors (Lipinski definition) is 2. The second-order valence-electron chi connectivity index (χ2n) is 5.68. The smallest absolute Gasteiger partial charge is 0.169 e. The molecular formula is C17H24O2. The fraction of sp³-hybridized carbons (Fsp3) is 0.588. The summed E-state index contributed by atoms with van der Waals surface area (Å²) < 4.78 is 5.70. The highest BCUT2D eigenvalue weighted by Gasteiger charge is 2.27. The molecule has 1 aliphatic rings. The Morgan fingerprint density at radius 2 is 2.11 bits per heavy atom. The van der Waals surface area contributed by atoms with Crippen LogP contribution in [0.15, 0.2) is 24.3 Å². The summed E-state index contributed by atoms with van der Waals surface area (Å²) in [6.07, 6.45) is 5.46. The molecule has 19 heavy (non-hydrogen) atoms. The van der Waals surface area contributed by atoms with E-state index < -0.39 is 0 Å². The number of ether oxygens (including phenoxy) is 1. The fourth-order valence-corrected chi connectivity index (χ4v) is 2.90. The van der Waals surface area contributed by atoms with E-state index in [1.54, 1.807) is 0 Å². The first-order valence-electron chi connectivity index (χ1n) is 7.48. The van der Waals surface area contributed by atoms with Gasteiger partial charge in [-0.1, -0.05) is 38.8 Å². The number of hydrogen-bond donors (Lipinski definition) is 0. The minimum atomic E-state index is 0.190. The molecule has 1 saturated carbocycles. The Morgan fingerprint density at radius 1 is 1.32 bits per heavy atom. The molecule has 2 unspecified atom stereocenters. The van der Waals surface area contributed by atoms with E-state index in [0.29, 0.717) is 12.5 Å². The average Bonchev–Trinajstić information content (AvgIpc) is 2.44. The van der Waals surface area contributed by atoms with Crippen LogP contribution in [0.1, 0.15) is 56.3 Å². The van der Waals surface area contributed by atoms with Crippen LogP contribution in [-0.4, -0.2) is 12.4 Å². The first kappa shape index (κ1) is 14.1. The predicted octanol–water partition coefficient (Wildman–Crippen LogP) is 4.48. The van der Waals surface area contributed by atoms with E-state index >= 15 is 0 Å². The van der Waals surface area contributed by atoms with Crippen molar-refractivity contribution in [1.29, 1.82) is 0 Å². The summed E-state index contributed by atoms with van der Waals surface area (Å²) in [5.41, 5.74) is 0.773. The minimum absolute atomic E-state index is 0.190. The van der Waals surface area contributed by atoms with Crippen LogP contribution in [-0.2, 0) is 0 Å². The minimum Gasteiger partial charge on any atom is -0.493 e. The number of ketones is 1. The maximum absolute atomic E-state index is 12.6. The largest absolute Gasteiger partial charge is 0.493 e. The number of rotatable bonds is 5. The molecule has 104 valence electrons. The number of benzene rings is 1. The Hall–Kier alpha value is -1.31. The Bertz CT molecular complexity index is 425. The highest BCUT2D eigenvalue weighted by molar-refractivity contribution is 6.00. The topological polar surface area (TPSA) is 26.3 Å². The van der Waals surface area contributed by atoms with Crippen molar-refractivity contribution in [3.63, 3.8) is 0 Å². The van der Waals surface area contributed by atoms with Crippen molar-refractivity contribution in [2.75, 3.05) is 6.61 Å². The van der Waals surface area contributed by atoms with Gasteiger partial charge in [-0.3, -0.25) is 4.79 Å². The fourth-order valence-electron chi connectivity index (χ4n) is 2.90. The summed E-state index contributed by atoms with van der Waals surface area (Å²) in [6, 6.07) is 7.69. The van der Waals surface area contributed by atoms with Gasteiger partial charge in [0.1, 0.15) is 5.75 Å². The summed E-state index contributed by atoms with van der Waals surface area (Å²) in [6.45, 7) is 5.00. The monoisotopic (exact) mass is 260 g/mol. The van der Waals surface area contributed by atoms with E-state index in [-0.39, 0.29) is 11.7 Å². The molecule has 0 bridgehead atoms. The van der Waals surface area contributed by atoms with E-state index in [1.165, 1.54) is 12.8 Å². The molecule has 2 atom stereocenters. The second-order valence-corrected chi connectivity index (χ2v) is 5.68. The van der Waals surface area contributed by atoms with Crippen molar-refractivity contribution >= 4 is 5.78 Å². The third-order valence-corrected chi connectivity index (χ3v) is 3.92. The van der Waals surface area contributed by atoms with Gasteiger partial charge in [0.15, 0.2) is 5.78 Å². The van der Waals surface area contributed by atoms with Crippen LogP contribution < -0.4 is 4.74 Å². The van der Waals surface area contributed by atoms with E-state index in [9.17, 15) is 4.79 Å². The molecule has 0 N–H and O–H groups in total. The van der Waals surface area contributed by atoms with Crippen LogP contribution in [0, 0.1) is 11.8 Å². The molecule has 1 aromatic carbocycles. The van der Waals surface area contributed by atoms with Crippen LogP contribution in [0.25, 0.3) is 0 Å². The second kappa shape index (κ2) is 6.74. The number of carbonyl (C=O) groups excluding carboxylic acids is 1. The Labute approximate surface area is 116 Å². The first-order valence-corrected chi connectivity index (χ1v) is 7.48. The third kappa shape index (κ3) is 3.59. The Morgan fingerprint density at radius 3 is 2.84 bits per heavy atom. The van der Waals surface area contributed by atoms with Crippen molar-refractivity contribution in [1.82, 2.24) is 0 Å². The molecule has 0 heterocycles. The Balaban J connectivity index is 2.13. The molecular weight excluding hydrogens is 236 g/mol. The lowest BCUT2D eigenvalue weighted by molar-refractivity contribution is 0.0864. The van der Waals surface area contributed by atoms with Gasteiger partial charge in [-0.15, -0.1) is 0 Å². The van der Waals surface area contributed by atoms with Gasteiger partial charge in [0, 0.05) is 5.92 Å². The molecule has 1 aliphatic carbocycles. The molecule has 0 saturated heterocycles. The van der Waals surface area contributed by atoms with Crippen molar-refractivity contribution in [2.24, 2.45) is 11.8 Å². The van der Waals surface area contributed by atoms with Crippen molar-refractivity contribution in [2.45, 2.75) is 46.0 Å². The van der Waals surface area contributed by atoms with Gasteiger partial charge in [0.2, 0.25) is 0 Å². The van der Waals surface area contributed by atoms with Gasteiger partial charge in [-0.2, -0.15) is 0 Å². The van der Waals surface area contributed by atoms with Gasteiger partial charge in [-0.05, 0) is 37.3 Å². The van der Waals surface area contributed by atoms with Gasteiger partial charge < -0.3 is 4.74 Å². The zero-order chi connectivity index (χ0) is 13.7. The summed E-state index contributed by atoms with van der Waals surface area (Å²) in [5.74, 6) is 1.90.